The van der Waals surface area contributed by atoms with Crippen LogP contribution in [0, 0.1) is 11.6 Å². The van der Waals surface area contributed by atoms with Crippen molar-refractivity contribution in [2.24, 2.45) is 0 Å². The number of imide groups is 1. The Kier molecular flexibility index (Phi) is 5.59. The largest absolute Gasteiger partial charge is 0.493 e. The van der Waals surface area contributed by atoms with E-state index in [1.165, 1.54) is 56.7 Å². The van der Waals surface area contributed by atoms with E-state index >= 15 is 0 Å². The van der Waals surface area contributed by atoms with Gasteiger partial charge in [0.05, 0.1) is 25.5 Å². The molecule has 0 saturated carbocycles. The molecule has 6 nitrogen and oxygen atoms in total. The maximum atomic E-state index is 14.5. The first kappa shape index (κ1) is 21.0. The number of para-hydroxylation sites is 1. The molecule has 8 heteroatoms. The third-order valence-corrected chi connectivity index (χ3v) is 4.94. The summed E-state index contributed by atoms with van der Waals surface area (Å²) >= 11 is 0. The summed E-state index contributed by atoms with van der Waals surface area (Å²) in [5, 5.41) is 2.83. The molecule has 1 N–H and O–H groups in total. The van der Waals surface area contributed by atoms with Crippen LogP contribution in [0.5, 0.6) is 11.5 Å². The highest BCUT2D eigenvalue weighted by Crippen LogP contribution is 2.38. The Labute approximate surface area is 182 Å². The van der Waals surface area contributed by atoms with Crippen molar-refractivity contribution in [3.05, 3.63) is 89.6 Å². The molecular formula is C24H18F2N2O4. The summed E-state index contributed by atoms with van der Waals surface area (Å²) in [6.45, 7) is 0. The van der Waals surface area contributed by atoms with E-state index in [-0.39, 0.29) is 22.6 Å². The molecule has 1 aliphatic rings. The van der Waals surface area contributed by atoms with Crippen LogP contribution in [0.4, 0.5) is 20.2 Å². The lowest BCUT2D eigenvalue weighted by Gasteiger charge is -2.16. The minimum Gasteiger partial charge on any atom is -0.493 e. The van der Waals surface area contributed by atoms with Gasteiger partial charge < -0.3 is 14.8 Å². The van der Waals surface area contributed by atoms with E-state index in [1.54, 1.807) is 18.2 Å². The van der Waals surface area contributed by atoms with Crippen molar-refractivity contribution >= 4 is 28.8 Å². The summed E-state index contributed by atoms with van der Waals surface area (Å²) in [5.74, 6) is -1.98. The van der Waals surface area contributed by atoms with E-state index in [1.807, 2.05) is 0 Å². The van der Waals surface area contributed by atoms with E-state index in [9.17, 15) is 18.4 Å². The van der Waals surface area contributed by atoms with E-state index in [4.69, 9.17) is 9.47 Å². The summed E-state index contributed by atoms with van der Waals surface area (Å²) in [6, 6.07) is 15.6. The number of carbonyl (C=O) groups is 2. The highest BCUT2D eigenvalue weighted by atomic mass is 19.1. The normalized spacial score (nSPS) is 13.6. The predicted molar refractivity (Wildman–Crippen MR) is 115 cm³/mol. The molecule has 0 atom stereocenters. The lowest BCUT2D eigenvalue weighted by molar-refractivity contribution is -0.120. The number of halogens is 2. The van der Waals surface area contributed by atoms with Gasteiger partial charge in [-0.05, 0) is 48.0 Å². The fraction of sp³-hybridized carbons (Fsp3) is 0.0833. The fourth-order valence-corrected chi connectivity index (χ4v) is 3.47. The molecule has 0 radical (unpaired) electrons. The van der Waals surface area contributed by atoms with Crippen molar-refractivity contribution < 1.29 is 27.8 Å². The first-order chi connectivity index (χ1) is 15.4. The number of hydrogen-bond acceptors (Lipinski definition) is 5. The van der Waals surface area contributed by atoms with Crippen molar-refractivity contribution in [3.8, 4) is 11.5 Å². The lowest BCUT2D eigenvalue weighted by atomic mass is 10.0. The van der Waals surface area contributed by atoms with Gasteiger partial charge in [-0.15, -0.1) is 0 Å². The molecule has 3 aromatic carbocycles. The Morgan fingerprint density at radius 3 is 2.25 bits per heavy atom. The average molecular weight is 436 g/mol. The molecule has 0 unspecified atom stereocenters. The lowest BCUT2D eigenvalue weighted by Crippen LogP contribution is -2.33. The van der Waals surface area contributed by atoms with Gasteiger partial charge in [-0.2, -0.15) is 0 Å². The molecule has 0 bridgehead atoms. The van der Waals surface area contributed by atoms with Gasteiger partial charge >= 0.3 is 0 Å². The van der Waals surface area contributed by atoms with Crippen LogP contribution >= 0.6 is 0 Å². The number of benzene rings is 3. The van der Waals surface area contributed by atoms with Gasteiger partial charge in [-0.25, -0.2) is 13.7 Å². The highest BCUT2D eigenvalue weighted by molar-refractivity contribution is 6.46. The van der Waals surface area contributed by atoms with Crippen LogP contribution in [0.15, 0.2) is 72.4 Å². The Bertz CT molecular complexity index is 1260. The Hall–Kier alpha value is -4.20. The molecule has 1 heterocycles. The van der Waals surface area contributed by atoms with Crippen LogP contribution < -0.4 is 19.7 Å². The third kappa shape index (κ3) is 3.66. The molecule has 0 aromatic heterocycles. The summed E-state index contributed by atoms with van der Waals surface area (Å²) in [4.78, 5) is 27.4. The minimum absolute atomic E-state index is 0.0107. The second kappa shape index (κ2) is 8.50. The van der Waals surface area contributed by atoms with Gasteiger partial charge in [0.25, 0.3) is 11.8 Å². The molecule has 4 rings (SSSR count). The van der Waals surface area contributed by atoms with Crippen molar-refractivity contribution in [1.29, 1.82) is 0 Å². The number of ether oxygens (including phenoxy) is 2. The first-order valence-corrected chi connectivity index (χ1v) is 9.57. The molecule has 0 aliphatic carbocycles. The van der Waals surface area contributed by atoms with Crippen LogP contribution in [0.3, 0.4) is 0 Å². The van der Waals surface area contributed by atoms with E-state index in [0.717, 1.165) is 11.0 Å². The number of carbonyl (C=O) groups excluding carboxylic acids is 2. The molecule has 3 aromatic rings. The number of hydrogen-bond donors (Lipinski definition) is 1. The second-order valence-electron chi connectivity index (χ2n) is 6.85. The molecule has 1 aliphatic heterocycles. The monoisotopic (exact) mass is 436 g/mol. The van der Waals surface area contributed by atoms with Crippen LogP contribution in [0.1, 0.15) is 5.56 Å². The van der Waals surface area contributed by atoms with Crippen molar-refractivity contribution in [2.75, 3.05) is 24.4 Å². The zero-order valence-corrected chi connectivity index (χ0v) is 17.2. The highest BCUT2D eigenvalue weighted by Gasteiger charge is 2.41. The topological polar surface area (TPSA) is 67.9 Å². The number of nitrogens with zero attached hydrogens (tertiary/aromatic N) is 1. The maximum Gasteiger partial charge on any atom is 0.282 e. The summed E-state index contributed by atoms with van der Waals surface area (Å²) in [7, 11) is 2.91. The zero-order valence-electron chi connectivity index (χ0n) is 17.2. The van der Waals surface area contributed by atoms with Crippen molar-refractivity contribution in [1.82, 2.24) is 0 Å². The number of nitrogens with one attached hydrogen (secondary N) is 1. The van der Waals surface area contributed by atoms with E-state index in [2.05, 4.69) is 5.32 Å². The Morgan fingerprint density at radius 2 is 1.56 bits per heavy atom. The number of anilines is 2. The maximum absolute atomic E-state index is 14.5. The minimum atomic E-state index is -0.769. The van der Waals surface area contributed by atoms with E-state index < -0.39 is 23.4 Å². The molecule has 2 amide bonds. The summed E-state index contributed by atoms with van der Waals surface area (Å²) < 4.78 is 38.7. The SMILES string of the molecule is COc1ccc(C2=C(Nc3cccc(F)c3)C(=O)N(c3ccccc3F)C2=O)cc1OC. The predicted octanol–water partition coefficient (Wildman–Crippen LogP) is 4.38. The second-order valence-corrected chi connectivity index (χ2v) is 6.85. The average Bonchev–Trinajstić information content (AvgIpc) is 3.03. The van der Waals surface area contributed by atoms with Gasteiger partial charge in [-0.3, -0.25) is 9.59 Å². The first-order valence-electron chi connectivity index (χ1n) is 9.57. The van der Waals surface area contributed by atoms with Gasteiger partial charge in [0.15, 0.2) is 11.5 Å². The van der Waals surface area contributed by atoms with Crippen LogP contribution in [-0.2, 0) is 9.59 Å². The number of amides is 2. The smallest absolute Gasteiger partial charge is 0.282 e. The molecule has 0 saturated heterocycles. The molecule has 162 valence electrons. The Balaban J connectivity index is 1.87. The third-order valence-electron chi connectivity index (χ3n) is 4.94. The van der Waals surface area contributed by atoms with E-state index in [0.29, 0.717) is 17.1 Å². The molecule has 0 fully saturated rings. The van der Waals surface area contributed by atoms with Crippen molar-refractivity contribution in [3.63, 3.8) is 0 Å². The molecule has 32 heavy (non-hydrogen) atoms. The van der Waals surface area contributed by atoms with Gasteiger partial charge in [0, 0.05) is 5.69 Å². The standard InChI is InChI=1S/C24H18F2N2O4/c1-31-19-11-10-14(12-20(19)32-2)21-22(27-16-7-5-6-15(25)13-16)24(30)28(23(21)29)18-9-4-3-8-17(18)26/h3-13,27H,1-2H3. The quantitative estimate of drug-likeness (QED) is 0.581. The van der Waals surface area contributed by atoms with Crippen LogP contribution in [0.2, 0.25) is 0 Å². The fourth-order valence-electron chi connectivity index (χ4n) is 3.47. The summed E-state index contributed by atoms with van der Waals surface area (Å²) in [6.07, 6.45) is 0. The van der Waals surface area contributed by atoms with Crippen molar-refractivity contribution in [2.45, 2.75) is 0 Å². The van der Waals surface area contributed by atoms with Crippen LogP contribution in [-0.4, -0.2) is 26.0 Å². The van der Waals surface area contributed by atoms with Gasteiger partial charge in [-0.1, -0.05) is 24.3 Å². The zero-order chi connectivity index (χ0) is 22.8. The number of rotatable bonds is 6. The van der Waals surface area contributed by atoms with Gasteiger partial charge in [0.1, 0.15) is 17.3 Å². The van der Waals surface area contributed by atoms with Crippen LogP contribution in [0.25, 0.3) is 5.57 Å². The number of methoxy groups -OCH3 is 2. The van der Waals surface area contributed by atoms with Gasteiger partial charge in [0.2, 0.25) is 0 Å². The summed E-state index contributed by atoms with van der Waals surface area (Å²) in [5.41, 5.74) is 0.296. The molecule has 0 spiro atoms. The molecular weight excluding hydrogens is 418 g/mol. The Morgan fingerprint density at radius 1 is 0.812 bits per heavy atom.